The summed E-state index contributed by atoms with van der Waals surface area (Å²) in [6, 6.07) is 12.0. The van der Waals surface area contributed by atoms with Crippen LogP contribution in [0.4, 0.5) is 5.13 Å². The van der Waals surface area contributed by atoms with Crippen molar-refractivity contribution in [1.29, 1.82) is 5.26 Å². The Morgan fingerprint density at radius 1 is 1.31 bits per heavy atom. The molecule has 2 heterocycles. The number of carbonyl (C=O) groups excluding carboxylic acids is 1. The summed E-state index contributed by atoms with van der Waals surface area (Å²) in [6.45, 7) is 6.03. The van der Waals surface area contributed by atoms with Gasteiger partial charge < -0.3 is 4.57 Å². The fraction of sp³-hybridized carbons (Fsp3) is 0.158. The van der Waals surface area contributed by atoms with Gasteiger partial charge in [-0.2, -0.15) is 5.26 Å². The first-order chi connectivity index (χ1) is 12.5. The van der Waals surface area contributed by atoms with Crippen LogP contribution in [-0.4, -0.2) is 20.7 Å². The zero-order valence-corrected chi connectivity index (χ0v) is 15.5. The van der Waals surface area contributed by atoms with Crippen LogP contribution in [0.1, 0.15) is 22.5 Å². The number of aromatic nitrogens is 3. The number of para-hydroxylation sites is 1. The molecule has 0 bridgehead atoms. The number of rotatable bonds is 4. The lowest BCUT2D eigenvalue weighted by Crippen LogP contribution is -2.13. The first-order valence-corrected chi connectivity index (χ1v) is 8.83. The van der Waals surface area contributed by atoms with Gasteiger partial charge in [0.05, 0.1) is 0 Å². The third kappa shape index (κ3) is 3.41. The topological polar surface area (TPSA) is 83.6 Å². The van der Waals surface area contributed by atoms with E-state index in [4.69, 9.17) is 0 Å². The van der Waals surface area contributed by atoms with Crippen LogP contribution < -0.4 is 5.32 Å². The summed E-state index contributed by atoms with van der Waals surface area (Å²) in [5.41, 5.74) is 6.60. The van der Waals surface area contributed by atoms with Gasteiger partial charge >= 0.3 is 0 Å². The molecule has 7 heteroatoms. The molecule has 1 aromatic carbocycles. The van der Waals surface area contributed by atoms with Gasteiger partial charge in [-0.25, -0.2) is 0 Å². The predicted octanol–water partition coefficient (Wildman–Crippen LogP) is 3.80. The molecule has 3 rings (SSSR count). The maximum Gasteiger partial charge on any atom is 0.268 e. The normalized spacial score (nSPS) is 11.2. The number of benzene rings is 1. The summed E-state index contributed by atoms with van der Waals surface area (Å²) in [6.07, 6.45) is 1.60. The number of hydrogen-bond acceptors (Lipinski definition) is 5. The van der Waals surface area contributed by atoms with Gasteiger partial charge in [-0.3, -0.25) is 10.1 Å². The van der Waals surface area contributed by atoms with Crippen LogP contribution >= 0.6 is 11.3 Å². The second-order valence-electron chi connectivity index (χ2n) is 5.82. The molecule has 0 spiro atoms. The molecule has 130 valence electrons. The van der Waals surface area contributed by atoms with E-state index in [1.807, 2.05) is 38.1 Å². The van der Waals surface area contributed by atoms with Crippen LogP contribution in [0.15, 0.2) is 41.4 Å². The van der Waals surface area contributed by atoms with E-state index in [1.165, 1.54) is 16.8 Å². The quantitative estimate of drug-likeness (QED) is 0.564. The Balaban J connectivity index is 1.98. The molecular formula is C19H17N5OS. The smallest absolute Gasteiger partial charge is 0.268 e. The van der Waals surface area contributed by atoms with Crippen molar-refractivity contribution in [3.05, 3.63) is 63.9 Å². The second kappa shape index (κ2) is 7.33. The van der Waals surface area contributed by atoms with Gasteiger partial charge in [0.15, 0.2) is 0 Å². The molecule has 1 amide bonds. The lowest BCUT2D eigenvalue weighted by Gasteiger charge is -2.12. The molecule has 1 N–H and O–H groups in total. The molecule has 0 aliphatic heterocycles. The molecule has 3 aromatic rings. The highest BCUT2D eigenvalue weighted by molar-refractivity contribution is 7.13. The third-order valence-electron chi connectivity index (χ3n) is 4.07. The molecule has 0 radical (unpaired) electrons. The highest BCUT2D eigenvalue weighted by Crippen LogP contribution is 2.25. The monoisotopic (exact) mass is 363 g/mol. The Bertz CT molecular complexity index is 1020. The highest BCUT2D eigenvalue weighted by atomic mass is 32.1. The number of nitrogens with one attached hydrogen (secondary N) is 1. The van der Waals surface area contributed by atoms with Crippen molar-refractivity contribution in [1.82, 2.24) is 14.8 Å². The van der Waals surface area contributed by atoms with E-state index in [0.717, 1.165) is 28.2 Å². The molecule has 0 unspecified atom stereocenters. The van der Waals surface area contributed by atoms with Crippen molar-refractivity contribution >= 4 is 28.5 Å². The summed E-state index contributed by atoms with van der Waals surface area (Å²) in [7, 11) is 0. The number of nitrogens with zero attached hydrogens (tertiary/aromatic N) is 4. The summed E-state index contributed by atoms with van der Waals surface area (Å²) in [5.74, 6) is -0.495. The molecule has 0 aliphatic carbocycles. The van der Waals surface area contributed by atoms with Crippen molar-refractivity contribution in [2.75, 3.05) is 5.32 Å². The van der Waals surface area contributed by atoms with Crippen molar-refractivity contribution in [3.63, 3.8) is 0 Å². The fourth-order valence-electron chi connectivity index (χ4n) is 2.81. The zero-order chi connectivity index (χ0) is 18.7. The van der Waals surface area contributed by atoms with Crippen LogP contribution in [0.3, 0.4) is 0 Å². The zero-order valence-electron chi connectivity index (χ0n) is 14.6. The minimum Gasteiger partial charge on any atom is -0.318 e. The lowest BCUT2D eigenvalue weighted by atomic mass is 10.1. The number of hydrogen-bond donors (Lipinski definition) is 1. The van der Waals surface area contributed by atoms with Crippen molar-refractivity contribution in [2.24, 2.45) is 0 Å². The van der Waals surface area contributed by atoms with Gasteiger partial charge in [-0.1, -0.05) is 29.5 Å². The Kier molecular flexibility index (Phi) is 4.96. The Hall–Kier alpha value is -3.24. The standard InChI is InChI=1S/C19H17N5OS/c1-12-6-4-5-7-17(12)24-13(2)8-15(14(24)3)9-16(10-20)18(25)22-19-23-21-11-26-19/h4-9,11H,1-3H3,(H,22,23,25). The van der Waals surface area contributed by atoms with Crippen molar-refractivity contribution in [2.45, 2.75) is 20.8 Å². The first-order valence-electron chi connectivity index (χ1n) is 7.95. The Morgan fingerprint density at radius 2 is 2.08 bits per heavy atom. The Morgan fingerprint density at radius 3 is 2.73 bits per heavy atom. The molecule has 0 saturated heterocycles. The van der Waals surface area contributed by atoms with E-state index in [0.29, 0.717) is 5.13 Å². The molecule has 0 atom stereocenters. The largest absolute Gasteiger partial charge is 0.318 e. The molecule has 6 nitrogen and oxygen atoms in total. The van der Waals surface area contributed by atoms with Gasteiger partial charge in [0.2, 0.25) is 5.13 Å². The molecule has 0 fully saturated rings. The van der Waals surface area contributed by atoms with E-state index < -0.39 is 5.91 Å². The summed E-state index contributed by atoms with van der Waals surface area (Å²) in [4.78, 5) is 12.3. The lowest BCUT2D eigenvalue weighted by molar-refractivity contribution is -0.112. The molecule has 0 saturated carbocycles. The van der Waals surface area contributed by atoms with E-state index >= 15 is 0 Å². The van der Waals surface area contributed by atoms with Gasteiger partial charge in [0.25, 0.3) is 5.91 Å². The van der Waals surface area contributed by atoms with Crippen LogP contribution in [0.5, 0.6) is 0 Å². The fourth-order valence-corrected chi connectivity index (χ4v) is 3.25. The van der Waals surface area contributed by atoms with E-state index in [-0.39, 0.29) is 5.57 Å². The van der Waals surface area contributed by atoms with E-state index in [9.17, 15) is 10.1 Å². The number of amides is 1. The average Bonchev–Trinajstić information content (AvgIpc) is 3.22. The molecular weight excluding hydrogens is 346 g/mol. The third-order valence-corrected chi connectivity index (χ3v) is 4.68. The van der Waals surface area contributed by atoms with Crippen molar-refractivity contribution in [3.8, 4) is 11.8 Å². The minimum atomic E-state index is -0.495. The second-order valence-corrected chi connectivity index (χ2v) is 6.65. The van der Waals surface area contributed by atoms with Crippen LogP contribution in [0.25, 0.3) is 11.8 Å². The van der Waals surface area contributed by atoms with Gasteiger partial charge in [-0.15, -0.1) is 10.2 Å². The maximum atomic E-state index is 12.3. The van der Waals surface area contributed by atoms with Crippen LogP contribution in [-0.2, 0) is 4.79 Å². The van der Waals surface area contributed by atoms with Gasteiger partial charge in [-0.05, 0) is 50.1 Å². The van der Waals surface area contributed by atoms with Crippen LogP contribution in [0.2, 0.25) is 0 Å². The highest BCUT2D eigenvalue weighted by Gasteiger charge is 2.15. The SMILES string of the molecule is Cc1ccccc1-n1c(C)cc(C=C(C#N)C(=O)Nc2nncs2)c1C. The number of carbonyl (C=O) groups is 1. The van der Waals surface area contributed by atoms with E-state index in [1.54, 1.807) is 6.08 Å². The number of aryl methyl sites for hydroxylation is 2. The molecule has 2 aromatic heterocycles. The molecule has 26 heavy (non-hydrogen) atoms. The first kappa shape index (κ1) is 17.6. The minimum absolute atomic E-state index is 0.0187. The van der Waals surface area contributed by atoms with Gasteiger partial charge in [0.1, 0.15) is 17.2 Å². The van der Waals surface area contributed by atoms with Gasteiger partial charge in [0, 0.05) is 17.1 Å². The average molecular weight is 363 g/mol. The molecule has 0 aliphatic rings. The van der Waals surface area contributed by atoms with Crippen LogP contribution in [0, 0.1) is 32.1 Å². The maximum absolute atomic E-state index is 12.3. The Labute approximate surface area is 155 Å². The van der Waals surface area contributed by atoms with E-state index in [2.05, 4.69) is 39.1 Å². The summed E-state index contributed by atoms with van der Waals surface area (Å²) >= 11 is 1.20. The predicted molar refractivity (Wildman–Crippen MR) is 102 cm³/mol. The summed E-state index contributed by atoms with van der Waals surface area (Å²) in [5, 5.41) is 19.8. The number of anilines is 1. The number of nitriles is 1. The summed E-state index contributed by atoms with van der Waals surface area (Å²) < 4.78 is 2.12. The van der Waals surface area contributed by atoms with Crippen molar-refractivity contribution < 1.29 is 4.79 Å².